The molecule has 6 nitrogen and oxygen atoms in total. The highest BCUT2D eigenvalue weighted by molar-refractivity contribution is 6.39. The van der Waals surface area contributed by atoms with E-state index >= 15 is 0 Å². The molecule has 1 heterocycles. The summed E-state index contributed by atoms with van der Waals surface area (Å²) in [6.07, 6.45) is 3.16. The van der Waals surface area contributed by atoms with Gasteiger partial charge in [-0.05, 0) is 56.9 Å². The van der Waals surface area contributed by atoms with Crippen molar-refractivity contribution in [1.82, 2.24) is 10.2 Å². The maximum atomic E-state index is 12.2. The highest BCUT2D eigenvalue weighted by atomic mass is 19.3. The van der Waals surface area contributed by atoms with Crippen LogP contribution in [-0.2, 0) is 9.59 Å². The molecule has 1 saturated heterocycles. The lowest BCUT2D eigenvalue weighted by molar-refractivity contribution is -0.136. The predicted octanol–water partition coefficient (Wildman–Crippen LogP) is 2.46. The molecule has 0 atom stereocenters. The van der Waals surface area contributed by atoms with Crippen LogP contribution in [0.25, 0.3) is 0 Å². The molecule has 26 heavy (non-hydrogen) atoms. The first-order valence-corrected chi connectivity index (χ1v) is 8.80. The first kappa shape index (κ1) is 20.1. The second-order valence-corrected chi connectivity index (χ2v) is 6.49. The van der Waals surface area contributed by atoms with Crippen molar-refractivity contribution in [3.63, 3.8) is 0 Å². The summed E-state index contributed by atoms with van der Waals surface area (Å²) < 4.78 is 28.6. The number of nitrogens with one attached hydrogen (secondary N) is 2. The molecule has 144 valence electrons. The van der Waals surface area contributed by atoms with Crippen molar-refractivity contribution >= 4 is 17.5 Å². The summed E-state index contributed by atoms with van der Waals surface area (Å²) >= 11 is 0. The summed E-state index contributed by atoms with van der Waals surface area (Å²) in [4.78, 5) is 26.0. The van der Waals surface area contributed by atoms with Crippen LogP contribution in [0.1, 0.15) is 26.2 Å². The molecule has 8 heteroatoms. The Bertz CT molecular complexity index is 605. The van der Waals surface area contributed by atoms with Gasteiger partial charge in [0.1, 0.15) is 5.75 Å². The molecule has 1 aliphatic heterocycles. The Labute approximate surface area is 151 Å². The average molecular weight is 369 g/mol. The number of amides is 2. The van der Waals surface area contributed by atoms with E-state index in [1.165, 1.54) is 37.1 Å². The minimum absolute atomic E-state index is 0.0888. The van der Waals surface area contributed by atoms with Gasteiger partial charge < -0.3 is 20.3 Å². The Morgan fingerprint density at radius 3 is 2.69 bits per heavy atom. The summed E-state index contributed by atoms with van der Waals surface area (Å²) in [6, 6.07) is 5.50. The van der Waals surface area contributed by atoms with Gasteiger partial charge in [0.05, 0.1) is 0 Å². The van der Waals surface area contributed by atoms with Crippen LogP contribution in [-0.4, -0.2) is 49.5 Å². The summed E-state index contributed by atoms with van der Waals surface area (Å²) in [7, 11) is 0. The number of rotatable bonds is 7. The lowest BCUT2D eigenvalue weighted by Gasteiger charge is -2.30. The van der Waals surface area contributed by atoms with Crippen molar-refractivity contribution in [2.24, 2.45) is 5.92 Å². The van der Waals surface area contributed by atoms with E-state index < -0.39 is 18.4 Å². The fourth-order valence-corrected chi connectivity index (χ4v) is 2.81. The van der Waals surface area contributed by atoms with Crippen molar-refractivity contribution in [1.29, 1.82) is 0 Å². The number of likely N-dealkylation sites (tertiary alicyclic amines) is 1. The standard InChI is InChI=1S/C18H25F2N3O3/c1-13-6-10-23(11-7-13)9-3-8-21-16(24)17(25)22-14-4-2-5-15(12-14)26-18(19)20/h2,4-5,12-13,18H,3,6-11H2,1H3,(H,21,24)(H,22,25). The highest BCUT2D eigenvalue weighted by Crippen LogP contribution is 2.19. The lowest BCUT2D eigenvalue weighted by atomic mass is 9.99. The predicted molar refractivity (Wildman–Crippen MR) is 94.2 cm³/mol. The van der Waals surface area contributed by atoms with Crippen molar-refractivity contribution in [3.05, 3.63) is 24.3 Å². The van der Waals surface area contributed by atoms with Crippen molar-refractivity contribution < 1.29 is 23.1 Å². The van der Waals surface area contributed by atoms with Gasteiger partial charge in [-0.3, -0.25) is 9.59 Å². The molecule has 2 N–H and O–H groups in total. The quantitative estimate of drug-likeness (QED) is 0.572. The molecule has 2 amide bonds. The second-order valence-electron chi connectivity index (χ2n) is 6.49. The number of nitrogens with zero attached hydrogens (tertiary/aromatic N) is 1. The monoisotopic (exact) mass is 369 g/mol. The smallest absolute Gasteiger partial charge is 0.387 e. The number of hydrogen-bond donors (Lipinski definition) is 2. The molecule has 0 saturated carbocycles. The molecule has 1 aromatic carbocycles. The van der Waals surface area contributed by atoms with Crippen LogP contribution in [0.3, 0.4) is 0 Å². The maximum Gasteiger partial charge on any atom is 0.387 e. The van der Waals surface area contributed by atoms with Gasteiger partial charge in [0.25, 0.3) is 0 Å². The first-order valence-electron chi connectivity index (χ1n) is 8.80. The van der Waals surface area contributed by atoms with Gasteiger partial charge in [-0.2, -0.15) is 8.78 Å². The van der Waals surface area contributed by atoms with Gasteiger partial charge in [0.2, 0.25) is 0 Å². The topological polar surface area (TPSA) is 70.7 Å². The third kappa shape index (κ3) is 6.95. The molecule has 1 aromatic rings. The number of anilines is 1. The molecule has 1 fully saturated rings. The number of piperidine rings is 1. The van der Waals surface area contributed by atoms with E-state index in [2.05, 4.69) is 27.2 Å². The van der Waals surface area contributed by atoms with E-state index in [4.69, 9.17) is 0 Å². The third-order valence-electron chi connectivity index (χ3n) is 4.34. The molecule has 0 aromatic heterocycles. The molecule has 0 aliphatic carbocycles. The third-order valence-corrected chi connectivity index (χ3v) is 4.34. The van der Waals surface area contributed by atoms with E-state index in [1.54, 1.807) is 0 Å². The second kappa shape index (κ2) is 10.1. The molecular weight excluding hydrogens is 344 g/mol. The van der Waals surface area contributed by atoms with Crippen LogP contribution in [0.5, 0.6) is 5.75 Å². The molecular formula is C18H25F2N3O3. The number of hydrogen-bond acceptors (Lipinski definition) is 4. The van der Waals surface area contributed by atoms with Crippen molar-refractivity contribution in [2.75, 3.05) is 31.5 Å². The number of alkyl halides is 2. The zero-order valence-electron chi connectivity index (χ0n) is 14.8. The number of benzene rings is 1. The van der Waals surface area contributed by atoms with Crippen LogP contribution < -0.4 is 15.4 Å². The largest absolute Gasteiger partial charge is 0.435 e. The molecule has 0 unspecified atom stereocenters. The Balaban J connectivity index is 1.68. The minimum Gasteiger partial charge on any atom is -0.435 e. The summed E-state index contributed by atoms with van der Waals surface area (Å²) in [6.45, 7) is 2.76. The summed E-state index contributed by atoms with van der Waals surface area (Å²) in [5.74, 6) is -0.906. The van der Waals surface area contributed by atoms with Crippen LogP contribution >= 0.6 is 0 Å². The van der Waals surface area contributed by atoms with Crippen molar-refractivity contribution in [3.8, 4) is 5.75 Å². The van der Waals surface area contributed by atoms with E-state index in [0.29, 0.717) is 6.54 Å². The lowest BCUT2D eigenvalue weighted by Crippen LogP contribution is -2.38. The molecule has 0 spiro atoms. The minimum atomic E-state index is -2.95. The van der Waals surface area contributed by atoms with Gasteiger partial charge in [-0.15, -0.1) is 0 Å². The van der Waals surface area contributed by atoms with Gasteiger partial charge in [0, 0.05) is 18.3 Å². The number of carbonyl (C=O) groups is 2. The fraction of sp³-hybridized carbons (Fsp3) is 0.556. The van der Waals surface area contributed by atoms with Crippen LogP contribution in [0.2, 0.25) is 0 Å². The van der Waals surface area contributed by atoms with Crippen LogP contribution in [0.4, 0.5) is 14.5 Å². The maximum absolute atomic E-state index is 12.2. The van der Waals surface area contributed by atoms with E-state index in [9.17, 15) is 18.4 Å². The average Bonchev–Trinajstić information content (AvgIpc) is 2.59. The molecule has 1 aliphatic rings. The van der Waals surface area contributed by atoms with E-state index in [0.717, 1.165) is 32.0 Å². The SMILES string of the molecule is CC1CCN(CCCNC(=O)C(=O)Nc2cccc(OC(F)F)c2)CC1. The molecule has 0 bridgehead atoms. The van der Waals surface area contributed by atoms with Crippen LogP contribution in [0, 0.1) is 5.92 Å². The Kier molecular flexibility index (Phi) is 7.77. The zero-order chi connectivity index (χ0) is 18.9. The normalized spacial score (nSPS) is 15.7. The summed E-state index contributed by atoms with van der Waals surface area (Å²) in [5.41, 5.74) is 0.214. The molecule has 2 rings (SSSR count). The van der Waals surface area contributed by atoms with E-state index in [1.807, 2.05) is 0 Å². The first-order chi connectivity index (χ1) is 12.4. The van der Waals surface area contributed by atoms with Crippen molar-refractivity contribution in [2.45, 2.75) is 32.8 Å². The van der Waals surface area contributed by atoms with E-state index in [-0.39, 0.29) is 11.4 Å². The van der Waals surface area contributed by atoms with Crippen LogP contribution in [0.15, 0.2) is 24.3 Å². The highest BCUT2D eigenvalue weighted by Gasteiger charge is 2.16. The number of halogens is 2. The Morgan fingerprint density at radius 1 is 1.27 bits per heavy atom. The Morgan fingerprint density at radius 2 is 2.00 bits per heavy atom. The summed E-state index contributed by atoms with van der Waals surface area (Å²) in [5, 5.41) is 4.93. The van der Waals surface area contributed by atoms with Gasteiger partial charge in [0.15, 0.2) is 0 Å². The number of ether oxygens (including phenoxy) is 1. The van der Waals surface area contributed by atoms with Gasteiger partial charge in [-0.1, -0.05) is 13.0 Å². The molecule has 0 radical (unpaired) electrons. The fourth-order valence-electron chi connectivity index (χ4n) is 2.81. The van der Waals surface area contributed by atoms with Gasteiger partial charge >= 0.3 is 18.4 Å². The number of carbonyl (C=O) groups excluding carboxylic acids is 2. The zero-order valence-corrected chi connectivity index (χ0v) is 14.8. The Hall–Kier alpha value is -2.22. The van der Waals surface area contributed by atoms with Gasteiger partial charge in [-0.25, -0.2) is 0 Å².